The van der Waals surface area contributed by atoms with Gasteiger partial charge in [0.15, 0.2) is 0 Å². The summed E-state index contributed by atoms with van der Waals surface area (Å²) in [5.74, 6) is 0.690. The van der Waals surface area contributed by atoms with Gasteiger partial charge in [-0.2, -0.15) is 0 Å². The maximum atomic E-state index is 12.3. The topological polar surface area (TPSA) is 38.3 Å². The smallest absolute Gasteiger partial charge is 0.251 e. The van der Waals surface area contributed by atoms with Crippen LogP contribution in [0.3, 0.4) is 0 Å². The number of hydrogen-bond acceptors (Lipinski definition) is 2. The Kier molecular flexibility index (Phi) is 5.85. The number of alkyl halides is 1. The van der Waals surface area contributed by atoms with Crippen LogP contribution >= 0.6 is 15.9 Å². The molecule has 0 heterocycles. The maximum absolute atomic E-state index is 12.3. The van der Waals surface area contributed by atoms with Gasteiger partial charge in [0, 0.05) is 16.4 Å². The number of carbonyl (C=O) groups excluding carboxylic acids is 1. The van der Waals surface area contributed by atoms with Gasteiger partial charge in [-0.05, 0) is 44.4 Å². The molecule has 1 atom stereocenters. The number of aryl methyl sites for hydroxylation is 1. The summed E-state index contributed by atoms with van der Waals surface area (Å²) in [6.45, 7) is 6.11. The molecule has 0 aromatic heterocycles. The summed E-state index contributed by atoms with van der Waals surface area (Å²) in [6, 6.07) is 5.52. The lowest BCUT2D eigenvalue weighted by molar-refractivity contribution is 0.0901. The molecule has 0 spiro atoms. The Hall–Kier alpha value is -1.03. The van der Waals surface area contributed by atoms with Gasteiger partial charge in [0.2, 0.25) is 0 Å². The minimum atomic E-state index is -0.182. The fraction of sp³-hybridized carbons (Fsp3) is 0.533. The molecule has 3 nitrogen and oxygen atoms in total. The second-order valence-corrected chi connectivity index (χ2v) is 5.78. The van der Waals surface area contributed by atoms with E-state index in [4.69, 9.17) is 4.74 Å². The number of benzene rings is 1. The average Bonchev–Trinajstić information content (AvgIpc) is 2.39. The van der Waals surface area contributed by atoms with Crippen LogP contribution in [0.4, 0.5) is 0 Å². The fourth-order valence-corrected chi connectivity index (χ4v) is 2.72. The van der Waals surface area contributed by atoms with Gasteiger partial charge < -0.3 is 10.1 Å². The summed E-state index contributed by atoms with van der Waals surface area (Å²) in [6.07, 6.45) is 1.80. The van der Waals surface area contributed by atoms with E-state index in [0.29, 0.717) is 5.56 Å². The van der Waals surface area contributed by atoms with Gasteiger partial charge in [0.25, 0.3) is 5.91 Å². The van der Waals surface area contributed by atoms with E-state index >= 15 is 0 Å². The van der Waals surface area contributed by atoms with Crippen molar-refractivity contribution >= 4 is 21.8 Å². The molecule has 0 aliphatic heterocycles. The lowest BCUT2D eigenvalue weighted by atomic mass is 9.95. The van der Waals surface area contributed by atoms with Crippen LogP contribution in [0.25, 0.3) is 0 Å². The Morgan fingerprint density at radius 3 is 2.68 bits per heavy atom. The zero-order chi connectivity index (χ0) is 14.5. The molecule has 0 saturated heterocycles. The number of methoxy groups -OCH3 is 1. The predicted molar refractivity (Wildman–Crippen MR) is 82.3 cm³/mol. The van der Waals surface area contributed by atoms with Gasteiger partial charge in [-0.15, -0.1) is 0 Å². The van der Waals surface area contributed by atoms with E-state index in [1.165, 1.54) is 0 Å². The minimum absolute atomic E-state index is 0.0522. The van der Waals surface area contributed by atoms with Gasteiger partial charge in [0.1, 0.15) is 5.75 Å². The number of amides is 1. The van der Waals surface area contributed by atoms with E-state index in [-0.39, 0.29) is 11.4 Å². The zero-order valence-electron chi connectivity index (χ0n) is 12.0. The van der Waals surface area contributed by atoms with Crippen LogP contribution in [0.5, 0.6) is 5.75 Å². The molecule has 0 fully saturated rings. The molecule has 1 rings (SSSR count). The van der Waals surface area contributed by atoms with Crippen LogP contribution in [-0.4, -0.2) is 23.9 Å². The Balaban J connectivity index is 2.88. The molecule has 1 N–H and O–H groups in total. The van der Waals surface area contributed by atoms with Crippen LogP contribution in [0.15, 0.2) is 18.2 Å². The fourth-order valence-electron chi connectivity index (χ4n) is 1.84. The Morgan fingerprint density at radius 2 is 2.16 bits per heavy atom. The highest BCUT2D eigenvalue weighted by Crippen LogP contribution is 2.21. The number of carbonyl (C=O) groups is 1. The lowest BCUT2D eigenvalue weighted by Gasteiger charge is -2.29. The summed E-state index contributed by atoms with van der Waals surface area (Å²) in [4.78, 5) is 12.3. The number of ether oxygens (including phenoxy) is 1. The highest BCUT2D eigenvalue weighted by Gasteiger charge is 2.24. The van der Waals surface area contributed by atoms with Crippen molar-refractivity contribution in [1.29, 1.82) is 0 Å². The summed E-state index contributed by atoms with van der Waals surface area (Å²) >= 11 is 3.43. The molecule has 0 radical (unpaired) electrons. The van der Waals surface area contributed by atoms with Crippen molar-refractivity contribution in [1.82, 2.24) is 5.32 Å². The van der Waals surface area contributed by atoms with Gasteiger partial charge in [-0.1, -0.05) is 28.9 Å². The number of rotatable bonds is 6. The number of nitrogens with one attached hydrogen (secondary N) is 1. The van der Waals surface area contributed by atoms with Crippen molar-refractivity contribution in [3.05, 3.63) is 29.3 Å². The predicted octanol–water partition coefficient (Wildman–Crippen LogP) is 3.69. The molecular formula is C15H22BrNO2. The molecular weight excluding hydrogens is 306 g/mol. The molecule has 4 heteroatoms. The van der Waals surface area contributed by atoms with Crippen LogP contribution in [-0.2, 0) is 0 Å². The molecule has 1 unspecified atom stereocenters. The van der Waals surface area contributed by atoms with Crippen LogP contribution in [0.1, 0.15) is 42.6 Å². The summed E-state index contributed by atoms with van der Waals surface area (Å²) in [7, 11) is 1.62. The standard InChI is InChI=1S/C15H22BrNO2/c1-5-15(3,8-9-16)17-14(18)12-7-6-11(2)13(10-12)19-4/h6-7,10H,5,8-9H2,1-4H3,(H,17,18). The van der Waals surface area contributed by atoms with Crippen LogP contribution < -0.4 is 10.1 Å². The molecule has 1 aromatic carbocycles. The number of hydrogen-bond donors (Lipinski definition) is 1. The Morgan fingerprint density at radius 1 is 1.47 bits per heavy atom. The zero-order valence-corrected chi connectivity index (χ0v) is 13.6. The van der Waals surface area contributed by atoms with Crippen molar-refractivity contribution in [2.75, 3.05) is 12.4 Å². The van der Waals surface area contributed by atoms with Crippen molar-refractivity contribution in [3.63, 3.8) is 0 Å². The average molecular weight is 328 g/mol. The van der Waals surface area contributed by atoms with Crippen molar-refractivity contribution < 1.29 is 9.53 Å². The van der Waals surface area contributed by atoms with Gasteiger partial charge >= 0.3 is 0 Å². The molecule has 0 saturated carbocycles. The maximum Gasteiger partial charge on any atom is 0.251 e. The third-order valence-electron chi connectivity index (χ3n) is 3.51. The molecule has 106 valence electrons. The molecule has 1 aromatic rings. The van der Waals surface area contributed by atoms with Gasteiger partial charge in [-0.25, -0.2) is 0 Å². The normalized spacial score (nSPS) is 13.7. The molecule has 1 amide bonds. The van der Waals surface area contributed by atoms with Crippen molar-refractivity contribution in [3.8, 4) is 5.75 Å². The highest BCUT2D eigenvalue weighted by molar-refractivity contribution is 9.09. The first-order chi connectivity index (χ1) is 8.95. The van der Waals surface area contributed by atoms with Crippen LogP contribution in [0.2, 0.25) is 0 Å². The third kappa shape index (κ3) is 4.23. The van der Waals surface area contributed by atoms with E-state index in [0.717, 1.165) is 29.5 Å². The minimum Gasteiger partial charge on any atom is -0.496 e. The second-order valence-electron chi connectivity index (χ2n) is 4.99. The quantitative estimate of drug-likeness (QED) is 0.809. The molecule has 19 heavy (non-hydrogen) atoms. The third-order valence-corrected chi connectivity index (χ3v) is 3.91. The summed E-state index contributed by atoms with van der Waals surface area (Å²) < 4.78 is 5.25. The first kappa shape index (κ1) is 16.0. The van der Waals surface area contributed by atoms with Crippen molar-refractivity contribution in [2.45, 2.75) is 39.2 Å². The highest BCUT2D eigenvalue weighted by atomic mass is 79.9. The van der Waals surface area contributed by atoms with Crippen molar-refractivity contribution in [2.24, 2.45) is 0 Å². The monoisotopic (exact) mass is 327 g/mol. The van der Waals surface area contributed by atoms with Gasteiger partial charge in [0.05, 0.1) is 7.11 Å². The van der Waals surface area contributed by atoms with E-state index in [1.807, 2.05) is 19.1 Å². The Bertz CT molecular complexity index is 448. The first-order valence-electron chi connectivity index (χ1n) is 6.49. The second kappa shape index (κ2) is 6.94. The first-order valence-corrected chi connectivity index (χ1v) is 7.61. The van der Waals surface area contributed by atoms with Gasteiger partial charge in [-0.3, -0.25) is 4.79 Å². The summed E-state index contributed by atoms with van der Waals surface area (Å²) in [5, 5.41) is 3.98. The summed E-state index contributed by atoms with van der Waals surface area (Å²) in [5.41, 5.74) is 1.48. The lowest BCUT2D eigenvalue weighted by Crippen LogP contribution is -2.45. The molecule has 0 aliphatic carbocycles. The van der Waals surface area contributed by atoms with E-state index in [1.54, 1.807) is 13.2 Å². The van der Waals surface area contributed by atoms with E-state index < -0.39 is 0 Å². The van der Waals surface area contributed by atoms with E-state index in [2.05, 4.69) is 35.1 Å². The van der Waals surface area contributed by atoms with E-state index in [9.17, 15) is 4.79 Å². The van der Waals surface area contributed by atoms with Crippen LogP contribution in [0, 0.1) is 6.92 Å². The molecule has 0 aliphatic rings. The number of halogens is 1. The Labute approximate surface area is 123 Å². The largest absolute Gasteiger partial charge is 0.496 e. The SMILES string of the molecule is CCC(C)(CCBr)NC(=O)c1ccc(C)c(OC)c1. The molecule has 0 bridgehead atoms.